The zero-order chi connectivity index (χ0) is 26.3. The van der Waals surface area contributed by atoms with Crippen LogP contribution in [-0.2, 0) is 9.84 Å². The van der Waals surface area contributed by atoms with Crippen LogP contribution in [0.25, 0.3) is 11.3 Å². The van der Waals surface area contributed by atoms with Crippen LogP contribution in [0.1, 0.15) is 34.3 Å². The maximum absolute atomic E-state index is 13.2. The van der Waals surface area contributed by atoms with Crippen LogP contribution in [0.5, 0.6) is 11.5 Å². The number of hydrogen-bond acceptors (Lipinski definition) is 8. The van der Waals surface area contributed by atoms with Crippen LogP contribution in [0.2, 0.25) is 0 Å². The number of sulfone groups is 1. The van der Waals surface area contributed by atoms with E-state index in [4.69, 9.17) is 14.6 Å². The van der Waals surface area contributed by atoms with E-state index in [1.54, 1.807) is 26.4 Å². The van der Waals surface area contributed by atoms with Crippen LogP contribution in [-0.4, -0.2) is 91.1 Å². The third-order valence-electron chi connectivity index (χ3n) is 7.22. The Balaban J connectivity index is 1.28. The number of amides is 1. The van der Waals surface area contributed by atoms with Gasteiger partial charge in [-0.15, -0.1) is 0 Å². The first-order valence-corrected chi connectivity index (χ1v) is 14.1. The van der Waals surface area contributed by atoms with Crippen molar-refractivity contribution in [3.63, 3.8) is 0 Å². The van der Waals surface area contributed by atoms with Crippen LogP contribution >= 0.6 is 0 Å². The highest BCUT2D eigenvalue weighted by Crippen LogP contribution is 2.34. The van der Waals surface area contributed by atoms with Crippen molar-refractivity contribution in [2.45, 2.75) is 26.3 Å². The molecular weight excluding hydrogens is 496 g/mol. The summed E-state index contributed by atoms with van der Waals surface area (Å²) in [4.78, 5) is 17.3. The second kappa shape index (κ2) is 9.73. The van der Waals surface area contributed by atoms with E-state index in [1.165, 1.54) is 0 Å². The van der Waals surface area contributed by atoms with Crippen LogP contribution < -0.4 is 14.4 Å². The Kier molecular flexibility index (Phi) is 6.61. The number of anilines is 1. The van der Waals surface area contributed by atoms with Crippen molar-refractivity contribution in [1.29, 1.82) is 0 Å². The number of nitrogens with one attached hydrogen (secondary N) is 1. The van der Waals surface area contributed by atoms with Gasteiger partial charge in [0.2, 0.25) is 0 Å². The molecule has 1 unspecified atom stereocenters. The number of hydrogen-bond donors (Lipinski definition) is 1. The van der Waals surface area contributed by atoms with E-state index in [2.05, 4.69) is 15.1 Å². The lowest BCUT2D eigenvalue weighted by atomic mass is 10.1. The molecule has 1 N–H and O–H groups in total. The first-order chi connectivity index (χ1) is 17.7. The Morgan fingerprint density at radius 2 is 1.84 bits per heavy atom. The molecule has 2 aromatic heterocycles. The Bertz CT molecular complexity index is 1420. The van der Waals surface area contributed by atoms with Gasteiger partial charge in [0.25, 0.3) is 5.91 Å². The van der Waals surface area contributed by atoms with Crippen molar-refractivity contribution in [2.24, 2.45) is 0 Å². The molecule has 0 radical (unpaired) electrons. The van der Waals surface area contributed by atoms with Gasteiger partial charge in [-0.2, -0.15) is 10.2 Å². The number of piperazine rings is 1. The van der Waals surface area contributed by atoms with E-state index < -0.39 is 9.84 Å². The second-order valence-corrected chi connectivity index (χ2v) is 11.8. The van der Waals surface area contributed by atoms with E-state index in [1.807, 2.05) is 35.6 Å². The van der Waals surface area contributed by atoms with Gasteiger partial charge in [-0.1, -0.05) is 0 Å². The minimum atomic E-state index is -3.00. The minimum Gasteiger partial charge on any atom is -0.497 e. The predicted octanol–water partition coefficient (Wildman–Crippen LogP) is 2.23. The van der Waals surface area contributed by atoms with Gasteiger partial charge in [0, 0.05) is 31.7 Å². The molecule has 5 rings (SSSR count). The summed E-state index contributed by atoms with van der Waals surface area (Å²) in [6.45, 7) is 6.38. The molecule has 2 saturated heterocycles. The van der Waals surface area contributed by atoms with E-state index in [0.717, 1.165) is 22.6 Å². The summed E-state index contributed by atoms with van der Waals surface area (Å²) in [5, 5.41) is 11.9. The monoisotopic (exact) mass is 528 g/mol. The van der Waals surface area contributed by atoms with Gasteiger partial charge >= 0.3 is 0 Å². The lowest BCUT2D eigenvalue weighted by Crippen LogP contribution is -2.49. The molecule has 1 atom stereocenters. The van der Waals surface area contributed by atoms with E-state index in [9.17, 15) is 13.2 Å². The van der Waals surface area contributed by atoms with Gasteiger partial charge in [0.05, 0.1) is 54.5 Å². The van der Waals surface area contributed by atoms with Crippen molar-refractivity contribution in [2.75, 3.05) is 56.8 Å². The minimum absolute atomic E-state index is 0.111. The van der Waals surface area contributed by atoms with E-state index in [-0.39, 0.29) is 23.5 Å². The number of rotatable bonds is 6. The van der Waals surface area contributed by atoms with Crippen LogP contribution in [0.15, 0.2) is 24.3 Å². The highest BCUT2D eigenvalue weighted by Gasteiger charge is 2.33. The number of carbonyl (C=O) groups is 1. The fraction of sp³-hybridized carbons (Fsp3) is 0.480. The average molecular weight is 529 g/mol. The average Bonchev–Trinajstić information content (AvgIpc) is 3.60. The summed E-state index contributed by atoms with van der Waals surface area (Å²) in [5.41, 5.74) is 4.64. The highest BCUT2D eigenvalue weighted by atomic mass is 32.2. The second-order valence-electron chi connectivity index (χ2n) is 9.53. The molecule has 1 aromatic carbocycles. The van der Waals surface area contributed by atoms with Crippen molar-refractivity contribution in [1.82, 2.24) is 24.9 Å². The number of aryl methyl sites for hydroxylation is 1. The molecule has 2 aliphatic heterocycles. The van der Waals surface area contributed by atoms with Gasteiger partial charge < -0.3 is 19.3 Å². The number of benzene rings is 1. The van der Waals surface area contributed by atoms with Crippen LogP contribution in [0.4, 0.5) is 5.69 Å². The zero-order valence-corrected chi connectivity index (χ0v) is 22.3. The van der Waals surface area contributed by atoms with Crippen molar-refractivity contribution >= 4 is 21.4 Å². The summed E-state index contributed by atoms with van der Waals surface area (Å²) in [5.74, 6) is 1.56. The van der Waals surface area contributed by atoms with E-state index in [0.29, 0.717) is 55.5 Å². The standard InChI is InChI=1S/C25H32N6O5S/c1-16-24(17(2)31(28-16)18-7-12-37(33,34)15-18)29-8-10-30(11-9-29)25(32)22-14-21(26-27-22)20-13-19(35-3)5-6-23(20)36-4/h5-6,13-14,18H,7-12,15H2,1-4H3,(H,26,27). The molecule has 4 heterocycles. The lowest BCUT2D eigenvalue weighted by molar-refractivity contribution is 0.0741. The fourth-order valence-corrected chi connectivity index (χ4v) is 7.01. The summed E-state index contributed by atoms with van der Waals surface area (Å²) >= 11 is 0. The summed E-state index contributed by atoms with van der Waals surface area (Å²) < 4.78 is 36.6. The summed E-state index contributed by atoms with van der Waals surface area (Å²) in [6, 6.07) is 7.07. The zero-order valence-electron chi connectivity index (χ0n) is 21.5. The maximum Gasteiger partial charge on any atom is 0.272 e. The molecule has 2 aliphatic rings. The third kappa shape index (κ3) is 4.77. The molecule has 0 saturated carbocycles. The Hall–Kier alpha value is -3.54. The summed E-state index contributed by atoms with van der Waals surface area (Å²) in [6.07, 6.45) is 0.597. The fourth-order valence-electron chi connectivity index (χ4n) is 5.32. The molecule has 37 heavy (non-hydrogen) atoms. The van der Waals surface area contributed by atoms with Gasteiger partial charge in [0.1, 0.15) is 17.2 Å². The molecule has 3 aromatic rings. The van der Waals surface area contributed by atoms with Crippen molar-refractivity contribution in [3.05, 3.63) is 41.3 Å². The number of nitrogens with zero attached hydrogens (tertiary/aromatic N) is 5. The van der Waals surface area contributed by atoms with Gasteiger partial charge in [0.15, 0.2) is 9.84 Å². The topological polar surface area (TPSA) is 123 Å². The molecule has 1 amide bonds. The molecule has 0 spiro atoms. The smallest absolute Gasteiger partial charge is 0.272 e. The highest BCUT2D eigenvalue weighted by molar-refractivity contribution is 7.91. The number of carbonyl (C=O) groups excluding carboxylic acids is 1. The van der Waals surface area contributed by atoms with Crippen molar-refractivity contribution in [3.8, 4) is 22.8 Å². The summed E-state index contributed by atoms with van der Waals surface area (Å²) in [7, 11) is 0.189. The number of H-pyrrole nitrogens is 1. The molecule has 11 nitrogen and oxygen atoms in total. The lowest BCUT2D eigenvalue weighted by Gasteiger charge is -2.36. The van der Waals surface area contributed by atoms with Crippen LogP contribution in [0.3, 0.4) is 0 Å². The SMILES string of the molecule is COc1ccc(OC)c(-c2cc(C(=O)N3CCN(c4c(C)nn(C5CCS(=O)(=O)C5)c4C)CC3)[nH]n2)c1. The predicted molar refractivity (Wildman–Crippen MR) is 139 cm³/mol. The normalized spacial score (nSPS) is 19.3. The molecule has 198 valence electrons. The number of ether oxygens (including phenoxy) is 2. The van der Waals surface area contributed by atoms with Gasteiger partial charge in [-0.3, -0.25) is 14.6 Å². The Labute approximate surface area is 216 Å². The van der Waals surface area contributed by atoms with E-state index >= 15 is 0 Å². The maximum atomic E-state index is 13.2. The van der Waals surface area contributed by atoms with Crippen LogP contribution in [0, 0.1) is 13.8 Å². The largest absolute Gasteiger partial charge is 0.497 e. The van der Waals surface area contributed by atoms with Gasteiger partial charge in [-0.05, 0) is 44.5 Å². The first-order valence-electron chi connectivity index (χ1n) is 12.3. The number of aromatic amines is 1. The molecular formula is C25H32N6O5S. The first kappa shape index (κ1) is 25.1. The third-order valence-corrected chi connectivity index (χ3v) is 8.97. The Morgan fingerprint density at radius 1 is 1.08 bits per heavy atom. The number of methoxy groups -OCH3 is 2. The molecule has 0 bridgehead atoms. The Morgan fingerprint density at radius 3 is 2.49 bits per heavy atom. The molecule has 0 aliphatic carbocycles. The molecule has 2 fully saturated rings. The van der Waals surface area contributed by atoms with Gasteiger partial charge in [-0.25, -0.2) is 8.42 Å². The number of aromatic nitrogens is 4. The molecule has 12 heteroatoms. The van der Waals surface area contributed by atoms with Crippen molar-refractivity contribution < 1.29 is 22.7 Å². The quantitative estimate of drug-likeness (QED) is 0.517.